The van der Waals surface area contributed by atoms with E-state index >= 15 is 0 Å². The lowest BCUT2D eigenvalue weighted by Gasteiger charge is -2.09. The molecule has 0 aromatic carbocycles. The highest BCUT2D eigenvalue weighted by Gasteiger charge is 2.09. The van der Waals surface area contributed by atoms with Crippen LogP contribution in [-0.2, 0) is 6.54 Å². The molecule has 18 heavy (non-hydrogen) atoms. The molecule has 0 bridgehead atoms. The van der Waals surface area contributed by atoms with Crippen LogP contribution in [0.4, 0.5) is 20.4 Å². The first-order valence-corrected chi connectivity index (χ1v) is 5.33. The van der Waals surface area contributed by atoms with E-state index in [-0.39, 0.29) is 11.6 Å². The molecule has 0 fully saturated rings. The number of aromatic nitrogens is 2. The fourth-order valence-electron chi connectivity index (χ4n) is 1.47. The first-order chi connectivity index (χ1) is 8.58. The predicted octanol–water partition coefficient (Wildman–Crippen LogP) is 2.26. The minimum Gasteiger partial charge on any atom is -0.381 e. The van der Waals surface area contributed by atoms with Gasteiger partial charge in [-0.2, -0.15) is 0 Å². The van der Waals surface area contributed by atoms with Crippen LogP contribution in [0.1, 0.15) is 11.1 Å². The number of nitrogens with two attached hydrogens (primary N) is 1. The van der Waals surface area contributed by atoms with Gasteiger partial charge in [-0.1, -0.05) is 0 Å². The van der Waals surface area contributed by atoms with E-state index < -0.39 is 11.6 Å². The van der Waals surface area contributed by atoms with Crippen LogP contribution in [0.2, 0.25) is 0 Å². The van der Waals surface area contributed by atoms with Gasteiger partial charge in [0.15, 0.2) is 23.3 Å². The third-order valence-electron chi connectivity index (χ3n) is 2.55. The van der Waals surface area contributed by atoms with Crippen molar-refractivity contribution in [2.75, 3.05) is 11.1 Å². The van der Waals surface area contributed by atoms with Crippen molar-refractivity contribution in [2.45, 2.75) is 13.5 Å². The van der Waals surface area contributed by atoms with Gasteiger partial charge >= 0.3 is 0 Å². The molecule has 0 atom stereocenters. The zero-order chi connectivity index (χ0) is 13.1. The van der Waals surface area contributed by atoms with Gasteiger partial charge in [0.1, 0.15) is 0 Å². The maximum absolute atomic E-state index is 13.4. The molecule has 2 heterocycles. The van der Waals surface area contributed by atoms with Crippen molar-refractivity contribution in [3.63, 3.8) is 0 Å². The Morgan fingerprint density at radius 3 is 2.83 bits per heavy atom. The van der Waals surface area contributed by atoms with Gasteiger partial charge in [-0.05, 0) is 24.1 Å². The standard InChI is InChI=1S/C12H12F2N4/c1-7-2-3-16-5-8(7)6-17-12-10(14)4-9(13)11(15)18-12/h2-5H,6H2,1H3,(H3,15,17,18). The molecule has 0 spiro atoms. The van der Waals surface area contributed by atoms with E-state index in [0.717, 1.165) is 11.1 Å². The lowest BCUT2D eigenvalue weighted by molar-refractivity contribution is 0.579. The second-order valence-electron chi connectivity index (χ2n) is 3.84. The van der Waals surface area contributed by atoms with Crippen LogP contribution in [0, 0.1) is 18.6 Å². The molecule has 0 saturated heterocycles. The van der Waals surface area contributed by atoms with Gasteiger partial charge in [0.2, 0.25) is 0 Å². The lowest BCUT2D eigenvalue weighted by atomic mass is 10.1. The molecule has 0 amide bonds. The predicted molar refractivity (Wildman–Crippen MR) is 64.9 cm³/mol. The fraction of sp³-hybridized carbons (Fsp3) is 0.167. The minimum absolute atomic E-state index is 0.0721. The summed E-state index contributed by atoms with van der Waals surface area (Å²) in [5.41, 5.74) is 7.21. The van der Waals surface area contributed by atoms with E-state index in [2.05, 4.69) is 15.3 Å². The number of anilines is 2. The van der Waals surface area contributed by atoms with E-state index in [4.69, 9.17) is 5.73 Å². The van der Waals surface area contributed by atoms with Gasteiger partial charge in [0, 0.05) is 25.0 Å². The van der Waals surface area contributed by atoms with Crippen molar-refractivity contribution in [3.8, 4) is 0 Å². The third-order valence-corrected chi connectivity index (χ3v) is 2.55. The van der Waals surface area contributed by atoms with Crippen LogP contribution >= 0.6 is 0 Å². The van der Waals surface area contributed by atoms with Crippen molar-refractivity contribution in [1.29, 1.82) is 0 Å². The van der Waals surface area contributed by atoms with Gasteiger partial charge in [0.25, 0.3) is 0 Å². The Morgan fingerprint density at radius 2 is 2.11 bits per heavy atom. The Hall–Kier alpha value is -2.24. The topological polar surface area (TPSA) is 63.8 Å². The highest BCUT2D eigenvalue weighted by Crippen LogP contribution is 2.17. The van der Waals surface area contributed by atoms with Crippen LogP contribution < -0.4 is 11.1 Å². The van der Waals surface area contributed by atoms with Gasteiger partial charge in [-0.25, -0.2) is 13.8 Å². The largest absolute Gasteiger partial charge is 0.381 e. The first kappa shape index (κ1) is 12.2. The molecule has 0 radical (unpaired) electrons. The normalized spacial score (nSPS) is 10.4. The summed E-state index contributed by atoms with van der Waals surface area (Å²) in [6, 6.07) is 2.56. The molecule has 0 aliphatic carbocycles. The average molecular weight is 250 g/mol. The number of nitrogens with zero attached hydrogens (tertiary/aromatic N) is 2. The summed E-state index contributed by atoms with van der Waals surface area (Å²) in [6.45, 7) is 2.26. The summed E-state index contributed by atoms with van der Waals surface area (Å²) in [4.78, 5) is 7.59. The molecular weight excluding hydrogens is 238 g/mol. The Balaban J connectivity index is 2.16. The van der Waals surface area contributed by atoms with E-state index in [9.17, 15) is 8.78 Å². The molecule has 4 nitrogen and oxygen atoms in total. The molecule has 3 N–H and O–H groups in total. The SMILES string of the molecule is Cc1ccncc1CNc1nc(N)c(F)cc1F. The quantitative estimate of drug-likeness (QED) is 0.877. The summed E-state index contributed by atoms with van der Waals surface area (Å²) in [5.74, 6) is -2.04. The number of hydrogen-bond acceptors (Lipinski definition) is 4. The van der Waals surface area contributed by atoms with Gasteiger partial charge in [0.05, 0.1) is 0 Å². The molecule has 0 aliphatic heterocycles. The maximum atomic E-state index is 13.4. The summed E-state index contributed by atoms with van der Waals surface area (Å²) in [6.07, 6.45) is 3.35. The Kier molecular flexibility index (Phi) is 3.36. The molecule has 2 aromatic rings. The summed E-state index contributed by atoms with van der Waals surface area (Å²) < 4.78 is 26.3. The Labute approximate surface area is 103 Å². The summed E-state index contributed by atoms with van der Waals surface area (Å²) >= 11 is 0. The molecule has 0 unspecified atom stereocenters. The fourth-order valence-corrected chi connectivity index (χ4v) is 1.47. The van der Waals surface area contributed by atoms with Gasteiger partial charge in [-0.15, -0.1) is 0 Å². The average Bonchev–Trinajstić information content (AvgIpc) is 2.34. The van der Waals surface area contributed by atoms with Gasteiger partial charge in [-0.3, -0.25) is 4.98 Å². The smallest absolute Gasteiger partial charge is 0.168 e. The number of hydrogen-bond donors (Lipinski definition) is 2. The van der Waals surface area contributed by atoms with Crippen molar-refractivity contribution in [2.24, 2.45) is 0 Å². The number of nitrogens with one attached hydrogen (secondary N) is 1. The second kappa shape index (κ2) is 4.95. The number of aryl methyl sites for hydroxylation is 1. The first-order valence-electron chi connectivity index (χ1n) is 5.33. The third kappa shape index (κ3) is 2.53. The highest BCUT2D eigenvalue weighted by atomic mass is 19.1. The van der Waals surface area contributed by atoms with Crippen LogP contribution in [-0.4, -0.2) is 9.97 Å². The molecule has 0 saturated carbocycles. The van der Waals surface area contributed by atoms with Crippen molar-refractivity contribution in [3.05, 3.63) is 47.3 Å². The van der Waals surface area contributed by atoms with Crippen molar-refractivity contribution >= 4 is 11.6 Å². The van der Waals surface area contributed by atoms with Crippen LogP contribution in [0.15, 0.2) is 24.5 Å². The van der Waals surface area contributed by atoms with Crippen molar-refractivity contribution < 1.29 is 8.78 Å². The number of halogens is 2. The van der Waals surface area contributed by atoms with Gasteiger partial charge < -0.3 is 11.1 Å². The Bertz CT molecular complexity index is 572. The summed E-state index contributed by atoms with van der Waals surface area (Å²) in [5, 5.41) is 2.77. The van der Waals surface area contributed by atoms with E-state index in [1.54, 1.807) is 12.4 Å². The number of rotatable bonds is 3. The van der Waals surface area contributed by atoms with E-state index in [0.29, 0.717) is 12.6 Å². The van der Waals surface area contributed by atoms with Crippen LogP contribution in [0.3, 0.4) is 0 Å². The monoisotopic (exact) mass is 250 g/mol. The zero-order valence-electron chi connectivity index (χ0n) is 9.74. The second-order valence-corrected chi connectivity index (χ2v) is 3.84. The maximum Gasteiger partial charge on any atom is 0.168 e. The molecule has 0 aliphatic rings. The zero-order valence-corrected chi connectivity index (χ0v) is 9.74. The summed E-state index contributed by atoms with van der Waals surface area (Å²) in [7, 11) is 0. The molecule has 94 valence electrons. The van der Waals surface area contributed by atoms with E-state index in [1.165, 1.54) is 0 Å². The highest BCUT2D eigenvalue weighted by molar-refractivity contribution is 5.45. The van der Waals surface area contributed by atoms with Crippen LogP contribution in [0.5, 0.6) is 0 Å². The molecule has 2 rings (SSSR count). The Morgan fingerprint density at radius 1 is 1.33 bits per heavy atom. The number of pyridine rings is 2. The minimum atomic E-state index is -0.865. The lowest BCUT2D eigenvalue weighted by Crippen LogP contribution is -2.08. The number of nitrogen functional groups attached to an aromatic ring is 1. The molecule has 2 aromatic heterocycles. The molecular formula is C12H12F2N4. The van der Waals surface area contributed by atoms with E-state index in [1.807, 2.05) is 13.0 Å². The van der Waals surface area contributed by atoms with Crippen molar-refractivity contribution in [1.82, 2.24) is 9.97 Å². The molecule has 6 heteroatoms. The van der Waals surface area contributed by atoms with Crippen LogP contribution in [0.25, 0.3) is 0 Å².